The van der Waals surface area contributed by atoms with Crippen molar-refractivity contribution >= 4 is 35.0 Å². The third-order valence-electron chi connectivity index (χ3n) is 5.05. The lowest BCUT2D eigenvalue weighted by atomic mass is 10.0. The number of carbonyl (C=O) groups excluding carboxylic acids is 2. The number of hydrogen-bond donors (Lipinski definition) is 1. The van der Waals surface area contributed by atoms with Crippen LogP contribution in [0.5, 0.6) is 5.75 Å². The fraction of sp³-hybridized carbons (Fsp3) is 0.200. The van der Waals surface area contributed by atoms with Crippen molar-refractivity contribution in [1.29, 1.82) is 0 Å². The van der Waals surface area contributed by atoms with Gasteiger partial charge in [-0.2, -0.15) is 0 Å². The summed E-state index contributed by atoms with van der Waals surface area (Å²) in [6.07, 6.45) is 0.300. The van der Waals surface area contributed by atoms with Gasteiger partial charge in [0.25, 0.3) is 5.91 Å². The normalized spacial score (nSPS) is 11.5. The molecule has 1 atom stereocenters. The molecule has 0 fully saturated rings. The quantitative estimate of drug-likeness (QED) is 0.466. The number of amides is 2. The second kappa shape index (κ2) is 11.7. The van der Waals surface area contributed by atoms with Gasteiger partial charge in [-0.25, -0.2) is 4.39 Å². The largest absolute Gasteiger partial charge is 0.484 e. The van der Waals surface area contributed by atoms with Gasteiger partial charge < -0.3 is 15.0 Å². The van der Waals surface area contributed by atoms with Crippen LogP contribution < -0.4 is 10.1 Å². The van der Waals surface area contributed by atoms with Gasteiger partial charge >= 0.3 is 0 Å². The fourth-order valence-electron chi connectivity index (χ4n) is 3.31. The molecule has 0 aliphatic carbocycles. The molecule has 5 nitrogen and oxygen atoms in total. The highest BCUT2D eigenvalue weighted by Crippen LogP contribution is 2.24. The molecule has 0 bridgehead atoms. The molecule has 0 saturated heterocycles. The lowest BCUT2D eigenvalue weighted by molar-refractivity contribution is -0.142. The minimum atomic E-state index is -0.812. The molecule has 0 aromatic heterocycles. The van der Waals surface area contributed by atoms with E-state index in [1.807, 2.05) is 30.3 Å². The predicted octanol–water partition coefficient (Wildman–Crippen LogP) is 4.90. The molecule has 3 aromatic rings. The van der Waals surface area contributed by atoms with Crippen molar-refractivity contribution < 1.29 is 18.7 Å². The van der Waals surface area contributed by atoms with Crippen molar-refractivity contribution in [3.05, 3.63) is 99.8 Å². The molecule has 0 saturated carbocycles. The van der Waals surface area contributed by atoms with Crippen LogP contribution in [0.25, 0.3) is 0 Å². The lowest BCUT2D eigenvalue weighted by Crippen LogP contribution is -2.51. The summed E-state index contributed by atoms with van der Waals surface area (Å²) >= 11 is 12.4. The zero-order valence-corrected chi connectivity index (χ0v) is 19.4. The molecule has 172 valence electrons. The molecular formula is C25H23Cl2FN2O3. The van der Waals surface area contributed by atoms with Gasteiger partial charge in [-0.3, -0.25) is 9.59 Å². The van der Waals surface area contributed by atoms with E-state index in [0.717, 1.165) is 5.56 Å². The molecule has 3 rings (SSSR count). The Hall–Kier alpha value is -3.09. The van der Waals surface area contributed by atoms with Crippen molar-refractivity contribution in [1.82, 2.24) is 10.2 Å². The molecule has 8 heteroatoms. The monoisotopic (exact) mass is 488 g/mol. The Balaban J connectivity index is 1.89. The van der Waals surface area contributed by atoms with Crippen LogP contribution in [0.3, 0.4) is 0 Å². The Morgan fingerprint density at radius 1 is 1.03 bits per heavy atom. The maximum atomic E-state index is 13.3. The van der Waals surface area contributed by atoms with Crippen LogP contribution in [0, 0.1) is 5.82 Å². The van der Waals surface area contributed by atoms with E-state index in [4.69, 9.17) is 27.9 Å². The molecule has 0 aliphatic rings. The first kappa shape index (κ1) is 24.6. The maximum Gasteiger partial charge on any atom is 0.261 e. The minimum Gasteiger partial charge on any atom is -0.484 e. The Labute approximate surface area is 202 Å². The Morgan fingerprint density at radius 2 is 1.73 bits per heavy atom. The smallest absolute Gasteiger partial charge is 0.261 e. The van der Waals surface area contributed by atoms with Crippen LogP contribution in [0.2, 0.25) is 10.0 Å². The second-order valence-electron chi connectivity index (χ2n) is 7.32. The highest BCUT2D eigenvalue weighted by molar-refractivity contribution is 6.35. The van der Waals surface area contributed by atoms with Crippen LogP contribution in [-0.4, -0.2) is 36.4 Å². The third kappa shape index (κ3) is 6.94. The number of nitrogens with one attached hydrogen (secondary N) is 1. The van der Waals surface area contributed by atoms with Gasteiger partial charge in [0.1, 0.15) is 17.6 Å². The maximum absolute atomic E-state index is 13.3. The van der Waals surface area contributed by atoms with Crippen molar-refractivity contribution in [2.75, 3.05) is 13.7 Å². The molecule has 33 heavy (non-hydrogen) atoms. The summed E-state index contributed by atoms with van der Waals surface area (Å²) in [6.45, 7) is -0.258. The van der Waals surface area contributed by atoms with E-state index >= 15 is 0 Å². The minimum absolute atomic E-state index is 0.0759. The summed E-state index contributed by atoms with van der Waals surface area (Å²) in [4.78, 5) is 27.6. The number of rotatable bonds is 9. The van der Waals surface area contributed by atoms with Crippen LogP contribution in [0.1, 0.15) is 11.1 Å². The van der Waals surface area contributed by atoms with Crippen LogP contribution in [-0.2, 0) is 22.6 Å². The van der Waals surface area contributed by atoms with E-state index in [1.54, 1.807) is 18.2 Å². The summed E-state index contributed by atoms with van der Waals surface area (Å²) in [7, 11) is 1.52. The van der Waals surface area contributed by atoms with E-state index in [9.17, 15) is 14.0 Å². The fourth-order valence-corrected chi connectivity index (χ4v) is 3.78. The van der Waals surface area contributed by atoms with Crippen molar-refractivity contribution in [2.24, 2.45) is 0 Å². The topological polar surface area (TPSA) is 58.6 Å². The molecule has 0 spiro atoms. The van der Waals surface area contributed by atoms with E-state index in [-0.39, 0.29) is 19.1 Å². The molecule has 0 aliphatic heterocycles. The number of likely N-dealkylation sites (N-methyl/N-ethyl adjacent to an activating group) is 1. The van der Waals surface area contributed by atoms with Gasteiger partial charge in [-0.05, 0) is 47.5 Å². The Bertz CT molecular complexity index is 1090. The summed E-state index contributed by atoms with van der Waals surface area (Å²) in [5.41, 5.74) is 1.53. The summed E-state index contributed by atoms with van der Waals surface area (Å²) in [6, 6.07) is 18.9. The third-order valence-corrected chi connectivity index (χ3v) is 5.64. The SMILES string of the molecule is CNC(=O)[C@@H](Cc1ccccc1)N(Cc1ccc(Cl)cc1Cl)C(=O)COc1ccc(F)cc1. The summed E-state index contributed by atoms with van der Waals surface area (Å²) < 4.78 is 18.7. The predicted molar refractivity (Wildman–Crippen MR) is 127 cm³/mol. The molecule has 1 N–H and O–H groups in total. The zero-order valence-electron chi connectivity index (χ0n) is 17.9. The average molecular weight is 489 g/mol. The van der Waals surface area contributed by atoms with Gasteiger partial charge in [-0.15, -0.1) is 0 Å². The van der Waals surface area contributed by atoms with Gasteiger partial charge in [0.05, 0.1) is 0 Å². The van der Waals surface area contributed by atoms with Crippen molar-refractivity contribution in [2.45, 2.75) is 19.0 Å². The number of ether oxygens (including phenoxy) is 1. The molecule has 0 radical (unpaired) electrons. The Morgan fingerprint density at radius 3 is 2.36 bits per heavy atom. The van der Waals surface area contributed by atoms with Crippen LogP contribution >= 0.6 is 23.2 Å². The average Bonchev–Trinajstić information content (AvgIpc) is 2.82. The zero-order chi connectivity index (χ0) is 23.8. The summed E-state index contributed by atoms with van der Waals surface area (Å²) in [5.74, 6) is -0.807. The molecule has 0 heterocycles. The molecule has 2 amide bonds. The first-order chi connectivity index (χ1) is 15.9. The number of nitrogens with zero attached hydrogens (tertiary/aromatic N) is 1. The molecular weight excluding hydrogens is 466 g/mol. The highest BCUT2D eigenvalue weighted by atomic mass is 35.5. The number of halogens is 3. The summed E-state index contributed by atoms with van der Waals surface area (Å²) in [5, 5.41) is 3.49. The van der Waals surface area contributed by atoms with Crippen molar-refractivity contribution in [3.8, 4) is 5.75 Å². The van der Waals surface area contributed by atoms with E-state index in [0.29, 0.717) is 27.8 Å². The first-order valence-corrected chi connectivity index (χ1v) is 11.0. The van der Waals surface area contributed by atoms with E-state index < -0.39 is 17.8 Å². The molecule has 3 aromatic carbocycles. The molecule has 0 unspecified atom stereocenters. The lowest BCUT2D eigenvalue weighted by Gasteiger charge is -2.31. The number of benzene rings is 3. The van der Waals surface area contributed by atoms with Gasteiger partial charge in [-0.1, -0.05) is 59.6 Å². The van der Waals surface area contributed by atoms with Gasteiger partial charge in [0, 0.05) is 30.1 Å². The van der Waals surface area contributed by atoms with Gasteiger partial charge in [0.2, 0.25) is 5.91 Å². The standard InChI is InChI=1S/C25H23Cl2FN2O3/c1-29-25(32)23(13-17-5-3-2-4-6-17)30(15-18-7-8-19(26)14-22(18)27)24(31)16-33-21-11-9-20(28)10-12-21/h2-12,14,23H,13,15-16H2,1H3,(H,29,32)/t23-/m1/s1. The Kier molecular flexibility index (Phi) is 8.69. The first-order valence-electron chi connectivity index (χ1n) is 10.2. The van der Waals surface area contributed by atoms with E-state index in [1.165, 1.54) is 36.2 Å². The number of carbonyl (C=O) groups is 2. The van der Waals surface area contributed by atoms with Crippen LogP contribution in [0.15, 0.2) is 72.8 Å². The second-order valence-corrected chi connectivity index (χ2v) is 8.16. The number of hydrogen-bond acceptors (Lipinski definition) is 3. The van der Waals surface area contributed by atoms with Crippen molar-refractivity contribution in [3.63, 3.8) is 0 Å². The highest BCUT2D eigenvalue weighted by Gasteiger charge is 2.30. The van der Waals surface area contributed by atoms with Crippen LogP contribution in [0.4, 0.5) is 4.39 Å². The van der Waals surface area contributed by atoms with E-state index in [2.05, 4.69) is 5.32 Å². The van der Waals surface area contributed by atoms with Gasteiger partial charge in [0.15, 0.2) is 6.61 Å².